The molecule has 0 aliphatic carbocycles. The Hall–Kier alpha value is 0.110. The average Bonchev–Trinajstić information content (AvgIpc) is 1.85. The minimum absolute atomic E-state index is 0.191. The first-order valence-corrected chi connectivity index (χ1v) is 4.00. The molecule has 0 radical (unpaired) electrons. The molecule has 0 aromatic carbocycles. The highest BCUT2D eigenvalue weighted by atomic mass is 32.2. The molecule has 1 rings (SSSR count). The molecule has 0 bridgehead atoms. The maximum absolute atomic E-state index is 10.6. The second kappa shape index (κ2) is 2.15. The van der Waals surface area contributed by atoms with Crippen LogP contribution >= 0.6 is 0 Å². The van der Waals surface area contributed by atoms with E-state index in [1.165, 1.54) is 0 Å². The van der Waals surface area contributed by atoms with Crippen molar-refractivity contribution in [3.05, 3.63) is 0 Å². The molecule has 8 heavy (non-hydrogen) atoms. The molecule has 1 heterocycles. The van der Waals surface area contributed by atoms with E-state index in [4.69, 9.17) is 4.18 Å². The first-order valence-electron chi connectivity index (χ1n) is 2.75. The second-order valence-corrected chi connectivity index (χ2v) is 3.38. The van der Waals surface area contributed by atoms with Crippen LogP contribution in [0.5, 0.6) is 0 Å². The fraction of sp³-hybridized carbons (Fsp3) is 1.00. The maximum Gasteiger partial charge on any atom is 0.156 e. The van der Waals surface area contributed by atoms with Crippen molar-refractivity contribution in [2.24, 2.45) is 5.92 Å². The van der Waals surface area contributed by atoms with E-state index >= 15 is 0 Å². The highest BCUT2D eigenvalue weighted by molar-refractivity contribution is 7.80. The zero-order valence-corrected chi connectivity index (χ0v) is 5.90. The van der Waals surface area contributed by atoms with E-state index in [-0.39, 0.29) is 6.10 Å². The highest BCUT2D eigenvalue weighted by Gasteiger charge is 2.25. The summed E-state index contributed by atoms with van der Waals surface area (Å²) < 4.78 is 15.5. The highest BCUT2D eigenvalue weighted by Crippen LogP contribution is 2.17. The summed E-state index contributed by atoms with van der Waals surface area (Å²) in [4.78, 5) is 0. The van der Waals surface area contributed by atoms with Crippen LogP contribution in [0.2, 0.25) is 0 Å². The minimum Gasteiger partial charge on any atom is -0.287 e. The molecule has 2 nitrogen and oxygen atoms in total. The van der Waals surface area contributed by atoms with E-state index in [1.807, 2.05) is 6.92 Å². The van der Waals surface area contributed by atoms with Crippen LogP contribution in [0, 0.1) is 5.92 Å². The third-order valence-corrected chi connectivity index (χ3v) is 2.78. The van der Waals surface area contributed by atoms with Crippen molar-refractivity contribution in [2.75, 3.05) is 5.75 Å². The van der Waals surface area contributed by atoms with Gasteiger partial charge in [-0.1, -0.05) is 6.92 Å². The van der Waals surface area contributed by atoms with Gasteiger partial charge in [-0.05, 0) is 12.8 Å². The Kier molecular flexibility index (Phi) is 1.68. The molecule has 0 saturated carbocycles. The lowest BCUT2D eigenvalue weighted by Gasteiger charge is -2.01. The Morgan fingerprint density at radius 2 is 2.25 bits per heavy atom. The van der Waals surface area contributed by atoms with Crippen LogP contribution in [0.4, 0.5) is 0 Å². The standard InChI is InChI=1S/C5H10O2S/c1-4-3-8(6)7-5(4)2/h4-5H,3H2,1-2H3. The van der Waals surface area contributed by atoms with Gasteiger partial charge in [-0.2, -0.15) is 0 Å². The SMILES string of the molecule is CC1CS(=O)OC1C. The zero-order chi connectivity index (χ0) is 6.15. The van der Waals surface area contributed by atoms with E-state index < -0.39 is 11.1 Å². The van der Waals surface area contributed by atoms with Gasteiger partial charge in [0.1, 0.15) is 0 Å². The molecular formula is C5H10O2S. The predicted octanol–water partition coefficient (Wildman–Crippen LogP) is 0.705. The van der Waals surface area contributed by atoms with Gasteiger partial charge in [0.15, 0.2) is 11.1 Å². The first kappa shape index (κ1) is 6.23. The van der Waals surface area contributed by atoms with Gasteiger partial charge < -0.3 is 0 Å². The summed E-state index contributed by atoms with van der Waals surface area (Å²) in [6.45, 7) is 4.01. The van der Waals surface area contributed by atoms with Gasteiger partial charge in [0.2, 0.25) is 0 Å². The normalized spacial score (nSPS) is 47.5. The van der Waals surface area contributed by atoms with Gasteiger partial charge in [0.05, 0.1) is 11.9 Å². The van der Waals surface area contributed by atoms with Gasteiger partial charge >= 0.3 is 0 Å². The molecule has 1 aliphatic rings. The molecule has 3 unspecified atom stereocenters. The van der Waals surface area contributed by atoms with Crippen molar-refractivity contribution in [2.45, 2.75) is 20.0 Å². The molecule has 0 spiro atoms. The second-order valence-electron chi connectivity index (χ2n) is 2.25. The van der Waals surface area contributed by atoms with Gasteiger partial charge in [0.25, 0.3) is 0 Å². The van der Waals surface area contributed by atoms with Crippen molar-refractivity contribution >= 4 is 11.1 Å². The molecule has 1 saturated heterocycles. The van der Waals surface area contributed by atoms with Crippen LogP contribution in [0.3, 0.4) is 0 Å². The first-order chi connectivity index (χ1) is 3.70. The smallest absolute Gasteiger partial charge is 0.156 e. The molecule has 1 aliphatic heterocycles. The van der Waals surface area contributed by atoms with Crippen LogP contribution in [-0.2, 0) is 15.3 Å². The fourth-order valence-corrected chi connectivity index (χ4v) is 1.96. The van der Waals surface area contributed by atoms with Crippen LogP contribution < -0.4 is 0 Å². The lowest BCUT2D eigenvalue weighted by Crippen LogP contribution is -2.07. The van der Waals surface area contributed by atoms with E-state index in [2.05, 4.69) is 6.92 Å². The number of rotatable bonds is 0. The van der Waals surface area contributed by atoms with Crippen molar-refractivity contribution in [3.63, 3.8) is 0 Å². The van der Waals surface area contributed by atoms with Crippen molar-refractivity contribution in [1.29, 1.82) is 0 Å². The van der Waals surface area contributed by atoms with Gasteiger partial charge in [-0.3, -0.25) is 4.18 Å². The molecule has 0 amide bonds. The summed E-state index contributed by atoms with van der Waals surface area (Å²) in [6, 6.07) is 0. The average molecular weight is 134 g/mol. The Morgan fingerprint density at radius 1 is 1.62 bits per heavy atom. The van der Waals surface area contributed by atoms with Crippen molar-refractivity contribution < 1.29 is 8.39 Å². The maximum atomic E-state index is 10.6. The summed E-state index contributed by atoms with van der Waals surface area (Å²) in [6.07, 6.45) is 0.191. The Labute approximate surface area is 51.9 Å². The molecule has 3 heteroatoms. The predicted molar refractivity (Wildman–Crippen MR) is 32.7 cm³/mol. The summed E-state index contributed by atoms with van der Waals surface area (Å²) >= 11 is -0.983. The summed E-state index contributed by atoms with van der Waals surface area (Å²) in [7, 11) is 0. The quantitative estimate of drug-likeness (QED) is 0.487. The number of hydrogen-bond donors (Lipinski definition) is 0. The van der Waals surface area contributed by atoms with Crippen molar-refractivity contribution in [3.8, 4) is 0 Å². The third-order valence-electron chi connectivity index (χ3n) is 1.46. The van der Waals surface area contributed by atoms with E-state index in [0.29, 0.717) is 11.7 Å². The minimum atomic E-state index is -0.983. The molecule has 1 fully saturated rings. The summed E-state index contributed by atoms with van der Waals surface area (Å²) in [5.74, 6) is 1.18. The fourth-order valence-electron chi connectivity index (χ4n) is 0.654. The van der Waals surface area contributed by atoms with Gasteiger partial charge in [-0.25, -0.2) is 4.21 Å². The third kappa shape index (κ3) is 1.09. The molecular weight excluding hydrogens is 124 g/mol. The monoisotopic (exact) mass is 134 g/mol. The Morgan fingerprint density at radius 3 is 2.38 bits per heavy atom. The van der Waals surface area contributed by atoms with Crippen LogP contribution in [0.25, 0.3) is 0 Å². The van der Waals surface area contributed by atoms with Crippen molar-refractivity contribution in [1.82, 2.24) is 0 Å². The van der Waals surface area contributed by atoms with E-state index in [0.717, 1.165) is 0 Å². The molecule has 0 N–H and O–H groups in total. The number of hydrogen-bond acceptors (Lipinski definition) is 2. The Bertz CT molecular complexity index is 101. The van der Waals surface area contributed by atoms with Crippen LogP contribution in [0.1, 0.15) is 13.8 Å². The zero-order valence-electron chi connectivity index (χ0n) is 5.09. The van der Waals surface area contributed by atoms with Gasteiger partial charge in [-0.15, -0.1) is 0 Å². The molecule has 0 aromatic rings. The van der Waals surface area contributed by atoms with E-state index in [9.17, 15) is 4.21 Å². The van der Waals surface area contributed by atoms with Gasteiger partial charge in [0, 0.05) is 0 Å². The van der Waals surface area contributed by atoms with Crippen LogP contribution in [-0.4, -0.2) is 16.1 Å². The summed E-state index contributed by atoms with van der Waals surface area (Å²) in [5, 5.41) is 0. The Balaban J connectivity index is 2.51. The summed E-state index contributed by atoms with van der Waals surface area (Å²) in [5.41, 5.74) is 0. The molecule has 48 valence electrons. The lowest BCUT2D eigenvalue weighted by molar-refractivity contribution is 0.228. The topological polar surface area (TPSA) is 26.3 Å². The molecule has 0 aromatic heterocycles. The molecule has 3 atom stereocenters. The largest absolute Gasteiger partial charge is 0.287 e. The van der Waals surface area contributed by atoms with Crippen LogP contribution in [0.15, 0.2) is 0 Å². The lowest BCUT2D eigenvalue weighted by atomic mass is 10.1. The van der Waals surface area contributed by atoms with E-state index in [1.54, 1.807) is 0 Å².